The van der Waals surface area contributed by atoms with Crippen molar-refractivity contribution >= 4 is 39.2 Å². The molecule has 1 aromatic carbocycles. The number of rotatable bonds is 5. The van der Waals surface area contributed by atoms with Gasteiger partial charge in [0, 0.05) is 22.9 Å². The molecule has 1 fully saturated rings. The third-order valence-corrected chi connectivity index (χ3v) is 8.57. The fourth-order valence-corrected chi connectivity index (χ4v) is 6.68. The normalized spacial score (nSPS) is 18.5. The molecule has 0 saturated heterocycles. The van der Waals surface area contributed by atoms with Gasteiger partial charge in [-0.05, 0) is 38.3 Å². The van der Waals surface area contributed by atoms with Gasteiger partial charge in [0.15, 0.2) is 5.16 Å². The summed E-state index contributed by atoms with van der Waals surface area (Å²) < 4.78 is 7.57. The fraction of sp³-hybridized carbons (Fsp3) is 0.458. The predicted octanol–water partition coefficient (Wildman–Crippen LogP) is 4.92. The average molecular weight is 470 g/mol. The lowest BCUT2D eigenvalue weighted by molar-refractivity contribution is -0.119. The van der Waals surface area contributed by atoms with Crippen LogP contribution >= 0.6 is 23.1 Å². The van der Waals surface area contributed by atoms with E-state index in [9.17, 15) is 9.59 Å². The molecule has 2 aliphatic rings. The number of hydrogen-bond acceptors (Lipinski definition) is 6. The molecule has 168 valence electrons. The van der Waals surface area contributed by atoms with Crippen LogP contribution in [0.1, 0.15) is 60.2 Å². The van der Waals surface area contributed by atoms with Crippen LogP contribution in [-0.4, -0.2) is 27.8 Å². The first kappa shape index (κ1) is 21.5. The van der Waals surface area contributed by atoms with Gasteiger partial charge in [0.25, 0.3) is 5.56 Å². The second kappa shape index (κ2) is 8.90. The van der Waals surface area contributed by atoms with E-state index >= 15 is 0 Å². The van der Waals surface area contributed by atoms with Crippen LogP contribution in [0, 0.1) is 13.8 Å². The predicted molar refractivity (Wildman–Crippen MR) is 129 cm³/mol. The Hall–Kier alpha value is -2.32. The maximum Gasteiger partial charge on any atom is 0.263 e. The number of benzene rings is 1. The van der Waals surface area contributed by atoms with Crippen molar-refractivity contribution < 1.29 is 9.53 Å². The van der Waals surface area contributed by atoms with Crippen molar-refractivity contribution in [3.05, 3.63) is 50.6 Å². The smallest absolute Gasteiger partial charge is 0.263 e. The summed E-state index contributed by atoms with van der Waals surface area (Å²) in [5.41, 5.74) is 2.09. The van der Waals surface area contributed by atoms with Gasteiger partial charge in [0.05, 0.1) is 23.8 Å². The summed E-state index contributed by atoms with van der Waals surface area (Å²) in [6.07, 6.45) is 5.00. The van der Waals surface area contributed by atoms with Crippen molar-refractivity contribution in [1.29, 1.82) is 0 Å². The third-order valence-electron chi connectivity index (χ3n) is 6.52. The maximum atomic E-state index is 13.5. The van der Waals surface area contributed by atoms with Crippen LogP contribution in [0.4, 0.5) is 0 Å². The number of nitrogens with one attached hydrogen (secondary N) is 1. The number of carbonyl (C=O) groups is 1. The molecule has 0 bridgehead atoms. The monoisotopic (exact) mass is 469 g/mol. The number of ether oxygens (including phenoxy) is 1. The van der Waals surface area contributed by atoms with Crippen molar-refractivity contribution in [2.75, 3.05) is 12.4 Å². The lowest BCUT2D eigenvalue weighted by Gasteiger charge is -2.26. The largest absolute Gasteiger partial charge is 0.493 e. The van der Waals surface area contributed by atoms with Gasteiger partial charge in [0.2, 0.25) is 5.91 Å². The molecule has 6 nitrogen and oxygen atoms in total. The first-order valence-electron chi connectivity index (χ1n) is 11.2. The highest BCUT2D eigenvalue weighted by atomic mass is 32.2. The van der Waals surface area contributed by atoms with Crippen LogP contribution in [0.15, 0.2) is 34.2 Å². The van der Waals surface area contributed by atoms with E-state index in [1.165, 1.54) is 11.8 Å². The molecule has 1 amide bonds. The number of amides is 1. The lowest BCUT2D eigenvalue weighted by atomic mass is 10.0. The number of carbonyl (C=O) groups excluding carboxylic acids is 1. The molecule has 1 atom stereocenters. The number of aromatic nitrogens is 2. The molecule has 5 rings (SSSR count). The minimum absolute atomic E-state index is 0.0463. The fourth-order valence-electron chi connectivity index (χ4n) is 4.73. The first-order valence-corrected chi connectivity index (χ1v) is 13.0. The van der Waals surface area contributed by atoms with E-state index in [0.29, 0.717) is 11.8 Å². The summed E-state index contributed by atoms with van der Waals surface area (Å²) in [4.78, 5) is 33.1. The van der Waals surface area contributed by atoms with E-state index in [1.54, 1.807) is 11.3 Å². The summed E-state index contributed by atoms with van der Waals surface area (Å²) in [6.45, 7) is 4.63. The molecular weight excluding hydrogens is 442 g/mol. The van der Waals surface area contributed by atoms with Gasteiger partial charge in [0.1, 0.15) is 10.6 Å². The van der Waals surface area contributed by atoms with E-state index < -0.39 is 0 Å². The van der Waals surface area contributed by atoms with Crippen molar-refractivity contribution in [3.63, 3.8) is 0 Å². The van der Waals surface area contributed by atoms with Gasteiger partial charge in [-0.2, -0.15) is 0 Å². The van der Waals surface area contributed by atoms with Crippen LogP contribution in [0.2, 0.25) is 0 Å². The van der Waals surface area contributed by atoms with Gasteiger partial charge < -0.3 is 10.1 Å². The Morgan fingerprint density at radius 3 is 2.84 bits per heavy atom. The lowest BCUT2D eigenvalue weighted by Crippen LogP contribution is -2.33. The molecule has 1 aliphatic carbocycles. The highest BCUT2D eigenvalue weighted by Gasteiger charge is 2.26. The summed E-state index contributed by atoms with van der Waals surface area (Å²) in [7, 11) is 0. The highest BCUT2D eigenvalue weighted by Crippen LogP contribution is 2.35. The molecular formula is C24H27N3O3S2. The topological polar surface area (TPSA) is 73.2 Å². The van der Waals surface area contributed by atoms with Crippen molar-refractivity contribution in [1.82, 2.24) is 14.9 Å². The minimum Gasteiger partial charge on any atom is -0.493 e. The van der Waals surface area contributed by atoms with E-state index in [1.807, 2.05) is 42.7 Å². The van der Waals surface area contributed by atoms with Crippen LogP contribution < -0.4 is 15.6 Å². The molecule has 1 N–H and O–H groups in total. The van der Waals surface area contributed by atoms with Gasteiger partial charge in [-0.15, -0.1) is 11.3 Å². The Labute approximate surface area is 195 Å². The van der Waals surface area contributed by atoms with Crippen LogP contribution in [0.25, 0.3) is 10.2 Å². The second-order valence-electron chi connectivity index (χ2n) is 8.55. The quantitative estimate of drug-likeness (QED) is 0.424. The van der Waals surface area contributed by atoms with E-state index in [-0.39, 0.29) is 29.3 Å². The Bertz CT molecular complexity index is 1230. The molecule has 0 radical (unpaired) electrons. The number of fused-ring (bicyclic) bond motifs is 2. The number of hydrogen-bond donors (Lipinski definition) is 1. The van der Waals surface area contributed by atoms with Gasteiger partial charge in [-0.1, -0.05) is 42.8 Å². The van der Waals surface area contributed by atoms with Gasteiger partial charge in [-0.25, -0.2) is 4.98 Å². The number of aryl methyl sites for hydroxylation is 2. The Kier molecular flexibility index (Phi) is 5.99. The van der Waals surface area contributed by atoms with E-state index in [0.717, 1.165) is 64.1 Å². The SMILES string of the molecule is Cc1sc2nc(SCC(=O)NC3CCOc4ccccc43)n(C3CCCC3)c(=O)c2c1C. The van der Waals surface area contributed by atoms with Crippen LogP contribution in [0.5, 0.6) is 5.75 Å². The first-order chi connectivity index (χ1) is 15.5. The van der Waals surface area contributed by atoms with E-state index in [2.05, 4.69) is 5.32 Å². The molecule has 2 aromatic heterocycles. The van der Waals surface area contributed by atoms with Gasteiger partial charge >= 0.3 is 0 Å². The summed E-state index contributed by atoms with van der Waals surface area (Å²) >= 11 is 2.93. The summed E-state index contributed by atoms with van der Waals surface area (Å²) in [5, 5.41) is 4.55. The van der Waals surface area contributed by atoms with Crippen LogP contribution in [0.3, 0.4) is 0 Å². The minimum atomic E-state index is -0.0532. The molecule has 3 heterocycles. The molecule has 1 saturated carbocycles. The van der Waals surface area contributed by atoms with Crippen molar-refractivity contribution in [3.8, 4) is 5.75 Å². The zero-order valence-electron chi connectivity index (χ0n) is 18.3. The molecule has 3 aromatic rings. The summed E-state index contributed by atoms with van der Waals surface area (Å²) in [5.74, 6) is 1.01. The zero-order chi connectivity index (χ0) is 22.2. The molecule has 32 heavy (non-hydrogen) atoms. The zero-order valence-corrected chi connectivity index (χ0v) is 20.0. The maximum absolute atomic E-state index is 13.5. The Morgan fingerprint density at radius 2 is 2.03 bits per heavy atom. The number of nitrogens with zero attached hydrogens (tertiary/aromatic N) is 2. The standard InChI is InChI=1S/C24H27N3O3S2/c1-14-15(2)32-22-21(14)23(29)27(16-7-3-4-8-16)24(26-22)31-13-20(28)25-18-11-12-30-19-10-6-5-9-17(18)19/h5-6,9-10,16,18H,3-4,7-8,11-13H2,1-2H3,(H,25,28). The van der Waals surface area contributed by atoms with Gasteiger partial charge in [-0.3, -0.25) is 14.2 Å². The molecule has 0 spiro atoms. The summed E-state index contributed by atoms with van der Waals surface area (Å²) in [6, 6.07) is 7.96. The van der Waals surface area contributed by atoms with E-state index in [4.69, 9.17) is 9.72 Å². The number of thioether (sulfide) groups is 1. The van der Waals surface area contributed by atoms with Crippen molar-refractivity contribution in [2.45, 2.75) is 63.2 Å². The number of thiophene rings is 1. The Balaban J connectivity index is 1.39. The highest BCUT2D eigenvalue weighted by molar-refractivity contribution is 7.99. The van der Waals surface area contributed by atoms with Crippen molar-refractivity contribution in [2.24, 2.45) is 0 Å². The van der Waals surface area contributed by atoms with Crippen LogP contribution in [-0.2, 0) is 4.79 Å². The Morgan fingerprint density at radius 1 is 1.25 bits per heavy atom. The number of para-hydroxylation sites is 1. The average Bonchev–Trinajstić information content (AvgIpc) is 3.41. The molecule has 1 unspecified atom stereocenters. The molecule has 8 heteroatoms. The third kappa shape index (κ3) is 3.94. The molecule has 1 aliphatic heterocycles. The second-order valence-corrected chi connectivity index (χ2v) is 10.7.